The number of benzene rings is 2. The molecule has 1 spiro atoms. The van der Waals surface area contributed by atoms with Gasteiger partial charge in [-0.15, -0.1) is 0 Å². The van der Waals surface area contributed by atoms with Gasteiger partial charge in [-0.25, -0.2) is 0 Å². The number of halogens is 1. The van der Waals surface area contributed by atoms with Crippen LogP contribution in [0.1, 0.15) is 54.5 Å². The van der Waals surface area contributed by atoms with Crippen LogP contribution in [0.2, 0.25) is 5.02 Å². The van der Waals surface area contributed by atoms with E-state index in [1.165, 1.54) is 11.1 Å². The Morgan fingerprint density at radius 2 is 1.92 bits per heavy atom. The van der Waals surface area contributed by atoms with Gasteiger partial charge in [0.1, 0.15) is 0 Å². The molecule has 1 saturated heterocycles. The van der Waals surface area contributed by atoms with Gasteiger partial charge in [-0.1, -0.05) is 42.8 Å². The molecule has 138 valence electrons. The lowest BCUT2D eigenvalue weighted by molar-refractivity contribution is -0.295. The van der Waals surface area contributed by atoms with Gasteiger partial charge in [0.15, 0.2) is 5.79 Å². The predicted octanol–water partition coefficient (Wildman–Crippen LogP) is 4.74. The molecular weight excluding hydrogens is 348 g/mol. The third kappa shape index (κ3) is 3.29. The number of aliphatic hydroxyl groups is 1. The van der Waals surface area contributed by atoms with Crippen molar-refractivity contribution in [3.63, 3.8) is 0 Å². The topological polar surface area (TPSA) is 38.7 Å². The standard InChI is InChI=1S/C22H25ClO3/c1-3-15-4-6-16(7-5-15)9-17-10-20-18(11-21(17)23)13-25-22(20)12-19(24)8-14(2)26-22/h4-7,10-11,14,19,24H,3,8-9,12-13H2,1-2H3/t14?,19?,22-/m1/s1. The van der Waals surface area contributed by atoms with Crippen molar-refractivity contribution in [2.75, 3.05) is 0 Å². The van der Waals surface area contributed by atoms with Crippen molar-refractivity contribution in [1.29, 1.82) is 0 Å². The minimum atomic E-state index is -0.835. The van der Waals surface area contributed by atoms with Crippen LogP contribution in [-0.4, -0.2) is 17.3 Å². The second kappa shape index (κ2) is 6.97. The Labute approximate surface area is 159 Å². The highest BCUT2D eigenvalue weighted by atomic mass is 35.5. The predicted molar refractivity (Wildman–Crippen MR) is 102 cm³/mol. The molecule has 1 fully saturated rings. The van der Waals surface area contributed by atoms with Gasteiger partial charge in [0, 0.05) is 17.0 Å². The molecule has 3 atom stereocenters. The molecule has 2 aromatic carbocycles. The summed E-state index contributed by atoms with van der Waals surface area (Å²) in [5.74, 6) is -0.835. The van der Waals surface area contributed by atoms with Gasteiger partial charge < -0.3 is 14.6 Å². The molecule has 0 bridgehead atoms. The van der Waals surface area contributed by atoms with Crippen molar-refractivity contribution in [2.24, 2.45) is 0 Å². The van der Waals surface area contributed by atoms with Crippen LogP contribution in [0.4, 0.5) is 0 Å². The smallest absolute Gasteiger partial charge is 0.198 e. The van der Waals surface area contributed by atoms with Crippen LogP contribution in [0, 0.1) is 0 Å². The zero-order valence-corrected chi connectivity index (χ0v) is 16.1. The van der Waals surface area contributed by atoms with Crippen LogP contribution in [0.25, 0.3) is 0 Å². The van der Waals surface area contributed by atoms with E-state index in [0.717, 1.165) is 34.6 Å². The third-order valence-corrected chi connectivity index (χ3v) is 5.82. The Hall–Kier alpha value is -1.39. The normalized spacial score (nSPS) is 27.7. The van der Waals surface area contributed by atoms with Crippen LogP contribution in [0.3, 0.4) is 0 Å². The SMILES string of the molecule is CCc1ccc(Cc2cc3c(cc2Cl)CO[C@@]32CC(O)CC(C)O2)cc1. The second-order valence-corrected chi connectivity index (χ2v) is 7.92. The van der Waals surface area contributed by atoms with E-state index in [1.54, 1.807) is 0 Å². The quantitative estimate of drug-likeness (QED) is 0.846. The Morgan fingerprint density at radius 1 is 1.19 bits per heavy atom. The van der Waals surface area contributed by atoms with Crippen molar-refractivity contribution in [3.05, 3.63) is 69.2 Å². The fourth-order valence-electron chi connectivity index (χ4n) is 4.12. The van der Waals surface area contributed by atoms with Gasteiger partial charge in [0.2, 0.25) is 0 Å². The van der Waals surface area contributed by atoms with E-state index in [1.807, 2.05) is 13.0 Å². The molecule has 0 saturated carbocycles. The summed E-state index contributed by atoms with van der Waals surface area (Å²) in [5.41, 5.74) is 5.71. The van der Waals surface area contributed by atoms with E-state index in [2.05, 4.69) is 37.3 Å². The summed E-state index contributed by atoms with van der Waals surface area (Å²) < 4.78 is 12.2. The van der Waals surface area contributed by atoms with Gasteiger partial charge in [0.25, 0.3) is 0 Å². The van der Waals surface area contributed by atoms with E-state index >= 15 is 0 Å². The van der Waals surface area contributed by atoms with Gasteiger partial charge in [0.05, 0.1) is 18.8 Å². The molecule has 26 heavy (non-hydrogen) atoms. The van der Waals surface area contributed by atoms with Crippen LogP contribution in [0.5, 0.6) is 0 Å². The monoisotopic (exact) mass is 372 g/mol. The minimum Gasteiger partial charge on any atom is -0.393 e. The molecule has 2 heterocycles. The van der Waals surface area contributed by atoms with Gasteiger partial charge >= 0.3 is 0 Å². The average molecular weight is 373 g/mol. The summed E-state index contributed by atoms with van der Waals surface area (Å²) in [5, 5.41) is 11.0. The number of aliphatic hydroxyl groups excluding tert-OH is 1. The fourth-order valence-corrected chi connectivity index (χ4v) is 4.37. The molecule has 4 rings (SSSR count). The Morgan fingerprint density at radius 3 is 2.62 bits per heavy atom. The highest BCUT2D eigenvalue weighted by Gasteiger charge is 2.47. The number of aryl methyl sites for hydroxylation is 1. The molecule has 2 unspecified atom stereocenters. The van der Waals surface area contributed by atoms with Crippen molar-refractivity contribution >= 4 is 11.6 Å². The largest absolute Gasteiger partial charge is 0.393 e. The summed E-state index contributed by atoms with van der Waals surface area (Å²) in [6.07, 6.45) is 2.47. The average Bonchev–Trinajstić information content (AvgIpc) is 2.91. The number of rotatable bonds is 3. The molecular formula is C22H25ClO3. The zero-order valence-electron chi connectivity index (χ0n) is 15.3. The summed E-state index contributed by atoms with van der Waals surface area (Å²) in [6, 6.07) is 12.8. The molecule has 3 nitrogen and oxygen atoms in total. The molecule has 0 aromatic heterocycles. The summed E-state index contributed by atoms with van der Waals surface area (Å²) in [6.45, 7) is 4.61. The van der Waals surface area contributed by atoms with E-state index in [0.29, 0.717) is 19.4 Å². The summed E-state index contributed by atoms with van der Waals surface area (Å²) in [7, 11) is 0. The Kier molecular flexibility index (Phi) is 4.83. The first-order chi connectivity index (χ1) is 12.5. The van der Waals surface area contributed by atoms with Gasteiger partial charge in [-0.05, 0) is 60.6 Å². The lowest BCUT2D eigenvalue weighted by Crippen LogP contribution is -2.43. The molecule has 0 aliphatic carbocycles. The van der Waals surface area contributed by atoms with Crippen molar-refractivity contribution < 1.29 is 14.6 Å². The van der Waals surface area contributed by atoms with Gasteiger partial charge in [-0.2, -0.15) is 0 Å². The highest BCUT2D eigenvalue weighted by Crippen LogP contribution is 2.46. The van der Waals surface area contributed by atoms with E-state index < -0.39 is 11.9 Å². The van der Waals surface area contributed by atoms with Crippen LogP contribution in [-0.2, 0) is 34.7 Å². The zero-order chi connectivity index (χ0) is 18.3. The first-order valence-electron chi connectivity index (χ1n) is 9.38. The van der Waals surface area contributed by atoms with Crippen LogP contribution in [0.15, 0.2) is 36.4 Å². The van der Waals surface area contributed by atoms with Crippen molar-refractivity contribution in [3.8, 4) is 0 Å². The lowest BCUT2D eigenvalue weighted by Gasteiger charge is -2.39. The Balaban J connectivity index is 1.67. The minimum absolute atomic E-state index is 0.0367. The molecule has 0 radical (unpaired) electrons. The molecule has 2 aliphatic rings. The van der Waals surface area contributed by atoms with E-state index in [-0.39, 0.29) is 6.10 Å². The first kappa shape index (κ1) is 18.0. The van der Waals surface area contributed by atoms with E-state index in [9.17, 15) is 5.11 Å². The summed E-state index contributed by atoms with van der Waals surface area (Å²) >= 11 is 6.56. The number of fused-ring (bicyclic) bond motifs is 2. The maximum atomic E-state index is 10.3. The third-order valence-electron chi connectivity index (χ3n) is 5.47. The fraction of sp³-hybridized carbons (Fsp3) is 0.455. The van der Waals surface area contributed by atoms with E-state index in [4.69, 9.17) is 21.1 Å². The molecule has 2 aromatic rings. The second-order valence-electron chi connectivity index (χ2n) is 7.51. The number of hydrogen-bond donors (Lipinski definition) is 1. The molecule has 1 N–H and O–H groups in total. The van der Waals surface area contributed by atoms with Crippen molar-refractivity contribution in [2.45, 2.75) is 64.1 Å². The summed E-state index contributed by atoms with van der Waals surface area (Å²) in [4.78, 5) is 0. The number of ether oxygens (including phenoxy) is 2. The van der Waals surface area contributed by atoms with Crippen molar-refractivity contribution in [1.82, 2.24) is 0 Å². The molecule has 4 heteroatoms. The lowest BCUT2D eigenvalue weighted by atomic mass is 9.90. The maximum absolute atomic E-state index is 10.3. The molecule has 2 aliphatic heterocycles. The first-order valence-corrected chi connectivity index (χ1v) is 9.76. The van der Waals surface area contributed by atoms with Crippen LogP contribution < -0.4 is 0 Å². The van der Waals surface area contributed by atoms with Crippen LogP contribution >= 0.6 is 11.6 Å². The highest BCUT2D eigenvalue weighted by molar-refractivity contribution is 6.31. The molecule has 0 amide bonds. The Bertz CT molecular complexity index is 790. The number of hydrogen-bond acceptors (Lipinski definition) is 3. The van der Waals surface area contributed by atoms with Gasteiger partial charge in [-0.3, -0.25) is 0 Å². The maximum Gasteiger partial charge on any atom is 0.198 e.